The average molecular weight is 448 g/mol. The van der Waals surface area contributed by atoms with Crippen molar-refractivity contribution in [1.29, 1.82) is 0 Å². The van der Waals surface area contributed by atoms with Crippen molar-refractivity contribution < 1.29 is 9.53 Å². The van der Waals surface area contributed by atoms with E-state index in [1.807, 2.05) is 0 Å². The first-order chi connectivity index (χ1) is 15.7. The molecule has 0 radical (unpaired) electrons. The van der Waals surface area contributed by atoms with Gasteiger partial charge in [0.1, 0.15) is 12.4 Å². The molecule has 2 aliphatic carbocycles. The van der Waals surface area contributed by atoms with Crippen LogP contribution in [0.25, 0.3) is 0 Å². The van der Waals surface area contributed by atoms with Gasteiger partial charge >= 0.3 is 0 Å². The summed E-state index contributed by atoms with van der Waals surface area (Å²) in [6, 6.07) is 1.25. The van der Waals surface area contributed by atoms with Gasteiger partial charge in [-0.2, -0.15) is 0 Å². The Morgan fingerprint density at radius 1 is 0.938 bits per heavy atom. The van der Waals surface area contributed by atoms with E-state index in [9.17, 15) is 4.79 Å². The molecule has 0 aromatic rings. The Balaban J connectivity index is 1.10. The second-order valence-electron chi connectivity index (χ2n) is 11.3. The second-order valence-corrected chi connectivity index (χ2v) is 11.3. The molecule has 0 aromatic heterocycles. The summed E-state index contributed by atoms with van der Waals surface area (Å²) in [6.45, 7) is 5.73. The van der Waals surface area contributed by atoms with Crippen molar-refractivity contribution in [3.8, 4) is 0 Å². The van der Waals surface area contributed by atoms with E-state index in [2.05, 4.69) is 33.5 Å². The molecule has 0 bridgehead atoms. The number of rotatable bonds is 5. The minimum Gasteiger partial charge on any atom is -0.365 e. The molecule has 9 atom stereocenters. The van der Waals surface area contributed by atoms with E-state index in [0.717, 1.165) is 51.1 Å². The first kappa shape index (κ1) is 23.0. The number of fused-ring (bicyclic) bond motifs is 1. The third-order valence-electron chi connectivity index (χ3n) is 9.00. The molecule has 5 aliphatic rings. The molecular formula is C25H45N5O2. The van der Waals surface area contributed by atoms with Crippen molar-refractivity contribution in [2.45, 2.75) is 114 Å². The molecule has 7 heteroatoms. The van der Waals surface area contributed by atoms with Crippen LogP contribution in [-0.2, 0) is 9.53 Å². The van der Waals surface area contributed by atoms with Gasteiger partial charge in [0.25, 0.3) is 0 Å². The summed E-state index contributed by atoms with van der Waals surface area (Å²) in [5, 5.41) is 18.3. The van der Waals surface area contributed by atoms with Crippen LogP contribution in [-0.4, -0.2) is 62.2 Å². The molecule has 0 spiro atoms. The van der Waals surface area contributed by atoms with Crippen molar-refractivity contribution in [1.82, 2.24) is 26.6 Å². The highest BCUT2D eigenvalue weighted by Gasteiger charge is 2.41. The second kappa shape index (κ2) is 10.7. The van der Waals surface area contributed by atoms with E-state index in [0.29, 0.717) is 30.0 Å². The molecule has 182 valence electrons. The van der Waals surface area contributed by atoms with Crippen LogP contribution in [0.5, 0.6) is 0 Å². The minimum atomic E-state index is -0.222. The van der Waals surface area contributed by atoms with Crippen molar-refractivity contribution >= 4 is 5.91 Å². The summed E-state index contributed by atoms with van der Waals surface area (Å²) in [5.41, 5.74) is 0. The normalized spacial score (nSPS) is 45.2. The predicted octanol–water partition coefficient (Wildman–Crippen LogP) is 1.83. The van der Waals surface area contributed by atoms with E-state index in [4.69, 9.17) is 4.74 Å². The fourth-order valence-electron chi connectivity index (χ4n) is 6.97. The van der Waals surface area contributed by atoms with Gasteiger partial charge in [-0.15, -0.1) is 0 Å². The van der Waals surface area contributed by atoms with Gasteiger partial charge in [-0.1, -0.05) is 19.8 Å². The first-order valence-electron chi connectivity index (χ1n) is 13.6. The molecule has 5 rings (SSSR count). The van der Waals surface area contributed by atoms with E-state index in [1.54, 1.807) is 0 Å². The molecule has 32 heavy (non-hydrogen) atoms. The molecule has 5 N–H and O–H groups in total. The molecule has 0 aromatic carbocycles. The van der Waals surface area contributed by atoms with Crippen LogP contribution >= 0.6 is 0 Å². The zero-order valence-electron chi connectivity index (χ0n) is 19.9. The van der Waals surface area contributed by atoms with Crippen LogP contribution in [0.4, 0.5) is 0 Å². The van der Waals surface area contributed by atoms with Crippen LogP contribution in [0.3, 0.4) is 0 Å². The number of ether oxygens (including phenoxy) is 1. The number of hydrogen-bond donors (Lipinski definition) is 5. The standard InChI is InChI=1S/C25H45N5O2/c1-16-8-9-19(28-24(31)23-13-17-5-2-3-7-22(17)32-23)14-21(16)30-25-27-12-10-20(29-25)18-6-4-11-26-15-18/h16-23,25-27,29-30H,2-15H2,1H3,(H,28,31). The van der Waals surface area contributed by atoms with Gasteiger partial charge in [0.15, 0.2) is 0 Å². The Bertz CT molecular complexity index is 613. The lowest BCUT2D eigenvalue weighted by Gasteiger charge is -2.42. The number of nitrogens with one attached hydrogen (secondary N) is 5. The molecular weight excluding hydrogens is 402 g/mol. The van der Waals surface area contributed by atoms with E-state index >= 15 is 0 Å². The fourth-order valence-corrected chi connectivity index (χ4v) is 6.97. The lowest BCUT2D eigenvalue weighted by Crippen LogP contribution is -2.66. The lowest BCUT2D eigenvalue weighted by molar-refractivity contribution is -0.133. The summed E-state index contributed by atoms with van der Waals surface area (Å²) in [5.74, 6) is 2.10. The molecule has 1 amide bonds. The van der Waals surface area contributed by atoms with Gasteiger partial charge in [0.2, 0.25) is 5.91 Å². The van der Waals surface area contributed by atoms with Crippen LogP contribution in [0, 0.1) is 17.8 Å². The molecule has 9 unspecified atom stereocenters. The fraction of sp³-hybridized carbons (Fsp3) is 0.960. The highest BCUT2D eigenvalue weighted by Crippen LogP contribution is 2.37. The molecule has 2 saturated carbocycles. The first-order valence-corrected chi connectivity index (χ1v) is 13.6. The Labute approximate surface area is 193 Å². The van der Waals surface area contributed by atoms with Gasteiger partial charge in [0.05, 0.1) is 6.10 Å². The maximum absolute atomic E-state index is 13.0. The lowest BCUT2D eigenvalue weighted by atomic mass is 9.82. The topological polar surface area (TPSA) is 86.5 Å². The van der Waals surface area contributed by atoms with E-state index in [-0.39, 0.29) is 24.3 Å². The summed E-state index contributed by atoms with van der Waals surface area (Å²) in [6.07, 6.45) is 13.2. The van der Waals surface area contributed by atoms with Gasteiger partial charge in [-0.05, 0) is 95.2 Å². The maximum Gasteiger partial charge on any atom is 0.249 e. The Morgan fingerprint density at radius 2 is 1.81 bits per heavy atom. The van der Waals surface area contributed by atoms with E-state index in [1.165, 1.54) is 45.1 Å². The summed E-state index contributed by atoms with van der Waals surface area (Å²) >= 11 is 0. The van der Waals surface area contributed by atoms with Gasteiger partial charge in [0, 0.05) is 18.1 Å². The molecule has 3 aliphatic heterocycles. The number of carbonyl (C=O) groups excluding carboxylic acids is 1. The summed E-state index contributed by atoms with van der Waals surface area (Å²) in [7, 11) is 0. The van der Waals surface area contributed by atoms with Crippen LogP contribution < -0.4 is 26.6 Å². The quantitative estimate of drug-likeness (QED) is 0.442. The highest BCUT2D eigenvalue weighted by atomic mass is 16.5. The van der Waals surface area contributed by atoms with E-state index < -0.39 is 0 Å². The van der Waals surface area contributed by atoms with Crippen LogP contribution in [0.15, 0.2) is 0 Å². The molecule has 3 heterocycles. The largest absolute Gasteiger partial charge is 0.365 e. The number of carbonyl (C=O) groups is 1. The smallest absolute Gasteiger partial charge is 0.249 e. The minimum absolute atomic E-state index is 0.136. The Hall–Kier alpha value is -0.730. The van der Waals surface area contributed by atoms with Crippen molar-refractivity contribution in [2.75, 3.05) is 19.6 Å². The number of piperidine rings is 1. The molecule has 7 nitrogen and oxygen atoms in total. The van der Waals surface area contributed by atoms with Crippen molar-refractivity contribution in [3.05, 3.63) is 0 Å². The highest BCUT2D eigenvalue weighted by molar-refractivity contribution is 5.81. The third kappa shape index (κ3) is 5.49. The van der Waals surface area contributed by atoms with Gasteiger partial charge in [-0.25, -0.2) is 0 Å². The summed E-state index contributed by atoms with van der Waals surface area (Å²) in [4.78, 5) is 13.0. The molecule has 3 saturated heterocycles. The zero-order valence-corrected chi connectivity index (χ0v) is 19.9. The van der Waals surface area contributed by atoms with Crippen molar-refractivity contribution in [3.63, 3.8) is 0 Å². The average Bonchev–Trinajstić information content (AvgIpc) is 3.27. The number of hydrogen-bond acceptors (Lipinski definition) is 6. The number of amides is 1. The maximum atomic E-state index is 13.0. The van der Waals surface area contributed by atoms with Crippen molar-refractivity contribution in [2.24, 2.45) is 17.8 Å². The van der Waals surface area contributed by atoms with Crippen LogP contribution in [0.1, 0.15) is 77.6 Å². The van der Waals surface area contributed by atoms with Crippen LogP contribution in [0.2, 0.25) is 0 Å². The monoisotopic (exact) mass is 447 g/mol. The molecule has 5 fully saturated rings. The third-order valence-corrected chi connectivity index (χ3v) is 9.00. The predicted molar refractivity (Wildman–Crippen MR) is 126 cm³/mol. The summed E-state index contributed by atoms with van der Waals surface area (Å²) < 4.78 is 6.15. The Morgan fingerprint density at radius 3 is 2.66 bits per heavy atom. The SMILES string of the molecule is CC1CCC(NC(=O)C2CC3CCCCC3O2)CC1NC1NCCC(C2CCCNC2)N1. The van der Waals surface area contributed by atoms with Gasteiger partial charge in [-0.3, -0.25) is 20.7 Å². The zero-order chi connectivity index (χ0) is 21.9. The Kier molecular flexibility index (Phi) is 7.69. The van der Waals surface area contributed by atoms with Gasteiger partial charge < -0.3 is 15.4 Å².